The van der Waals surface area contributed by atoms with Crippen molar-refractivity contribution in [3.05, 3.63) is 18.2 Å². The number of fused-ring (bicyclic) bond motifs is 1. The normalized spacial score (nSPS) is 28.5. The first-order valence-electron chi connectivity index (χ1n) is 7.28. The quantitative estimate of drug-likeness (QED) is 0.868. The molecule has 2 saturated heterocycles. The third-order valence-electron chi connectivity index (χ3n) is 4.53. The van der Waals surface area contributed by atoms with Gasteiger partial charge in [-0.15, -0.1) is 0 Å². The zero-order valence-electron chi connectivity index (χ0n) is 11.3. The smallest absolute Gasteiger partial charge is 0.109 e. The van der Waals surface area contributed by atoms with Crippen molar-refractivity contribution in [2.24, 2.45) is 7.05 Å². The van der Waals surface area contributed by atoms with E-state index in [4.69, 9.17) is 0 Å². The molecule has 0 spiro atoms. The monoisotopic (exact) mass is 248 g/mol. The molecule has 0 aliphatic carbocycles. The van der Waals surface area contributed by atoms with Gasteiger partial charge in [-0.2, -0.15) is 0 Å². The molecule has 4 heteroatoms. The topological polar surface area (TPSA) is 33.1 Å². The lowest BCUT2D eigenvalue weighted by Gasteiger charge is -2.32. The zero-order valence-corrected chi connectivity index (χ0v) is 11.3. The first-order valence-corrected chi connectivity index (χ1v) is 7.28. The lowest BCUT2D eigenvalue weighted by Crippen LogP contribution is -2.45. The maximum Gasteiger partial charge on any atom is 0.109 e. The van der Waals surface area contributed by atoms with Gasteiger partial charge >= 0.3 is 0 Å². The Morgan fingerprint density at radius 1 is 1.33 bits per heavy atom. The van der Waals surface area contributed by atoms with Gasteiger partial charge in [-0.3, -0.25) is 4.90 Å². The predicted octanol–water partition coefficient (Wildman–Crippen LogP) is 1.18. The molecule has 4 nitrogen and oxygen atoms in total. The number of nitrogens with one attached hydrogen (secondary N) is 1. The molecular formula is C14H24N4. The summed E-state index contributed by atoms with van der Waals surface area (Å²) in [5.41, 5.74) is 0. The average molecular weight is 248 g/mol. The molecule has 2 fully saturated rings. The van der Waals surface area contributed by atoms with Crippen LogP contribution in [0.15, 0.2) is 12.4 Å². The summed E-state index contributed by atoms with van der Waals surface area (Å²) >= 11 is 0. The van der Waals surface area contributed by atoms with Gasteiger partial charge in [0.15, 0.2) is 0 Å². The molecule has 100 valence electrons. The largest absolute Gasteiger partial charge is 0.338 e. The van der Waals surface area contributed by atoms with Gasteiger partial charge in [0.05, 0.1) is 0 Å². The number of aromatic nitrogens is 2. The molecule has 2 atom stereocenters. The summed E-state index contributed by atoms with van der Waals surface area (Å²) < 4.78 is 2.11. The van der Waals surface area contributed by atoms with Crippen LogP contribution in [-0.4, -0.2) is 46.2 Å². The van der Waals surface area contributed by atoms with Crippen molar-refractivity contribution in [2.45, 2.75) is 44.2 Å². The van der Waals surface area contributed by atoms with E-state index >= 15 is 0 Å². The van der Waals surface area contributed by atoms with Crippen LogP contribution in [0.3, 0.4) is 0 Å². The summed E-state index contributed by atoms with van der Waals surface area (Å²) in [6.07, 6.45) is 10.5. The Kier molecular flexibility index (Phi) is 3.66. The van der Waals surface area contributed by atoms with Crippen LogP contribution in [-0.2, 0) is 13.5 Å². The highest BCUT2D eigenvalue weighted by atomic mass is 15.2. The van der Waals surface area contributed by atoms with E-state index in [9.17, 15) is 0 Å². The van der Waals surface area contributed by atoms with E-state index in [-0.39, 0.29) is 0 Å². The van der Waals surface area contributed by atoms with Crippen LogP contribution in [0.5, 0.6) is 0 Å². The fourth-order valence-corrected chi connectivity index (χ4v) is 3.49. The zero-order chi connectivity index (χ0) is 12.4. The summed E-state index contributed by atoms with van der Waals surface area (Å²) in [5.74, 6) is 1.18. The molecule has 2 aliphatic rings. The minimum atomic E-state index is 0.713. The molecule has 3 rings (SSSR count). The molecule has 3 heterocycles. The minimum absolute atomic E-state index is 0.713. The Labute approximate surface area is 109 Å². The Hall–Kier alpha value is -0.870. The number of rotatable bonds is 4. The predicted molar refractivity (Wildman–Crippen MR) is 72.5 cm³/mol. The highest BCUT2D eigenvalue weighted by Crippen LogP contribution is 2.26. The van der Waals surface area contributed by atoms with Crippen molar-refractivity contribution in [2.75, 3.05) is 19.6 Å². The van der Waals surface area contributed by atoms with E-state index in [2.05, 4.69) is 26.8 Å². The SMILES string of the molecule is Cn1ccnc1CCNC1CCN2CCCCC12. The van der Waals surface area contributed by atoms with Gasteiger partial charge in [0.25, 0.3) is 0 Å². The summed E-state index contributed by atoms with van der Waals surface area (Å²) in [5, 5.41) is 3.75. The molecule has 0 saturated carbocycles. The second kappa shape index (κ2) is 5.41. The highest BCUT2D eigenvalue weighted by molar-refractivity contribution is 4.96. The van der Waals surface area contributed by atoms with Gasteiger partial charge in [0, 0.05) is 51.0 Å². The number of hydrogen-bond acceptors (Lipinski definition) is 3. The van der Waals surface area contributed by atoms with Gasteiger partial charge in [-0.1, -0.05) is 6.42 Å². The Morgan fingerprint density at radius 2 is 2.28 bits per heavy atom. The summed E-state index contributed by atoms with van der Waals surface area (Å²) in [6.45, 7) is 3.67. The van der Waals surface area contributed by atoms with E-state index in [1.54, 1.807) is 0 Å². The van der Waals surface area contributed by atoms with Crippen molar-refractivity contribution in [1.82, 2.24) is 19.8 Å². The molecule has 1 aromatic rings. The van der Waals surface area contributed by atoms with Crippen molar-refractivity contribution in [3.63, 3.8) is 0 Å². The Balaban J connectivity index is 1.47. The van der Waals surface area contributed by atoms with E-state index < -0.39 is 0 Å². The Morgan fingerprint density at radius 3 is 3.11 bits per heavy atom. The number of imidazole rings is 1. The summed E-state index contributed by atoms with van der Waals surface area (Å²) in [4.78, 5) is 7.06. The third-order valence-corrected chi connectivity index (χ3v) is 4.53. The molecular weight excluding hydrogens is 224 g/mol. The van der Waals surface area contributed by atoms with Crippen LogP contribution < -0.4 is 5.32 Å². The number of piperidine rings is 1. The van der Waals surface area contributed by atoms with Crippen molar-refractivity contribution < 1.29 is 0 Å². The lowest BCUT2D eigenvalue weighted by atomic mass is 9.99. The first kappa shape index (κ1) is 12.2. The molecule has 2 unspecified atom stereocenters. The molecule has 0 amide bonds. The standard InChI is InChI=1S/C14H24N4/c1-17-11-8-16-14(17)5-7-15-12-6-10-18-9-3-2-4-13(12)18/h8,11-13,15H,2-7,9-10H2,1H3. The van der Waals surface area contributed by atoms with Crippen LogP contribution >= 0.6 is 0 Å². The van der Waals surface area contributed by atoms with E-state index in [1.807, 2.05) is 12.4 Å². The second-order valence-electron chi connectivity index (χ2n) is 5.65. The van der Waals surface area contributed by atoms with Gasteiger partial charge in [-0.05, 0) is 25.8 Å². The average Bonchev–Trinajstić information content (AvgIpc) is 2.97. The van der Waals surface area contributed by atoms with Crippen LogP contribution in [0.25, 0.3) is 0 Å². The summed E-state index contributed by atoms with van der Waals surface area (Å²) in [6, 6.07) is 1.52. The van der Waals surface area contributed by atoms with Crippen molar-refractivity contribution in [3.8, 4) is 0 Å². The second-order valence-corrected chi connectivity index (χ2v) is 5.65. The van der Waals surface area contributed by atoms with Gasteiger partial charge in [-0.25, -0.2) is 4.98 Å². The van der Waals surface area contributed by atoms with Crippen LogP contribution in [0.1, 0.15) is 31.5 Å². The number of aryl methyl sites for hydroxylation is 1. The number of hydrogen-bond donors (Lipinski definition) is 1. The van der Waals surface area contributed by atoms with Gasteiger partial charge in [0.2, 0.25) is 0 Å². The molecule has 1 aromatic heterocycles. The Bertz CT molecular complexity index is 387. The molecule has 0 bridgehead atoms. The van der Waals surface area contributed by atoms with E-state index in [0.717, 1.165) is 19.0 Å². The van der Waals surface area contributed by atoms with Crippen LogP contribution in [0.2, 0.25) is 0 Å². The van der Waals surface area contributed by atoms with E-state index in [1.165, 1.54) is 44.6 Å². The van der Waals surface area contributed by atoms with E-state index in [0.29, 0.717) is 6.04 Å². The van der Waals surface area contributed by atoms with Gasteiger partial charge in [0.1, 0.15) is 5.82 Å². The molecule has 1 N–H and O–H groups in total. The molecule has 0 radical (unpaired) electrons. The maximum atomic E-state index is 4.37. The molecule has 2 aliphatic heterocycles. The fraction of sp³-hybridized carbons (Fsp3) is 0.786. The van der Waals surface area contributed by atoms with Gasteiger partial charge < -0.3 is 9.88 Å². The van der Waals surface area contributed by atoms with Crippen molar-refractivity contribution in [1.29, 1.82) is 0 Å². The summed E-state index contributed by atoms with van der Waals surface area (Å²) in [7, 11) is 2.07. The maximum absolute atomic E-state index is 4.37. The number of nitrogens with zero attached hydrogens (tertiary/aromatic N) is 3. The fourth-order valence-electron chi connectivity index (χ4n) is 3.49. The third kappa shape index (κ3) is 2.45. The molecule has 0 aromatic carbocycles. The highest BCUT2D eigenvalue weighted by Gasteiger charge is 2.34. The first-order chi connectivity index (χ1) is 8.84. The van der Waals surface area contributed by atoms with Crippen LogP contribution in [0, 0.1) is 0 Å². The minimum Gasteiger partial charge on any atom is -0.338 e. The molecule has 18 heavy (non-hydrogen) atoms. The van der Waals surface area contributed by atoms with Crippen LogP contribution in [0.4, 0.5) is 0 Å². The van der Waals surface area contributed by atoms with Crippen molar-refractivity contribution >= 4 is 0 Å². The lowest BCUT2D eigenvalue weighted by molar-refractivity contribution is 0.181.